The molecule has 0 aliphatic heterocycles. The molecular weight excluding hydrogens is 226 g/mol. The first-order valence-electron chi connectivity index (χ1n) is 5.94. The van der Waals surface area contributed by atoms with Crippen LogP contribution in [0.25, 0.3) is 0 Å². The molecule has 0 spiro atoms. The van der Waals surface area contributed by atoms with Crippen molar-refractivity contribution in [2.75, 3.05) is 0 Å². The van der Waals surface area contributed by atoms with Crippen LogP contribution in [0, 0.1) is 6.92 Å². The predicted molar refractivity (Wildman–Crippen MR) is 69.9 cm³/mol. The first-order chi connectivity index (χ1) is 8.66. The molecule has 0 aliphatic carbocycles. The number of aliphatic hydroxyl groups is 1. The van der Waals surface area contributed by atoms with E-state index in [0.717, 1.165) is 5.56 Å². The molecule has 0 radical (unpaired) electrons. The maximum atomic E-state index is 10.2. The summed E-state index contributed by atoms with van der Waals surface area (Å²) in [5.41, 5.74) is 7.70. The summed E-state index contributed by atoms with van der Waals surface area (Å²) in [6.07, 6.45) is 1.48. The Bertz CT molecular complexity index is 501. The van der Waals surface area contributed by atoms with Crippen molar-refractivity contribution >= 4 is 0 Å². The van der Waals surface area contributed by atoms with Crippen molar-refractivity contribution in [1.29, 1.82) is 0 Å². The summed E-state index contributed by atoms with van der Waals surface area (Å²) in [6, 6.07) is 11.2. The molecule has 2 atom stereocenters. The van der Waals surface area contributed by atoms with Crippen LogP contribution in [0.1, 0.15) is 23.2 Å². The number of hydrogen-bond acceptors (Lipinski definition) is 4. The lowest BCUT2D eigenvalue weighted by Gasteiger charge is -2.18. The third-order valence-corrected chi connectivity index (χ3v) is 2.82. The molecule has 18 heavy (non-hydrogen) atoms. The highest BCUT2D eigenvalue weighted by molar-refractivity contribution is 5.17. The maximum Gasteiger partial charge on any atom is 0.125 e. The Morgan fingerprint density at radius 1 is 1.22 bits per heavy atom. The molecule has 3 N–H and O–H groups in total. The Kier molecular flexibility index (Phi) is 4.02. The van der Waals surface area contributed by atoms with Crippen LogP contribution in [0.2, 0.25) is 0 Å². The SMILES string of the molecule is Cc1nccc(C(O)C(N)Cc2ccccc2)n1. The van der Waals surface area contributed by atoms with Gasteiger partial charge < -0.3 is 10.8 Å². The molecule has 4 heteroatoms. The molecule has 0 saturated carbocycles. The molecule has 0 bridgehead atoms. The van der Waals surface area contributed by atoms with Crippen molar-refractivity contribution in [2.24, 2.45) is 5.73 Å². The van der Waals surface area contributed by atoms with Gasteiger partial charge in [0.05, 0.1) is 5.69 Å². The molecule has 0 aliphatic rings. The van der Waals surface area contributed by atoms with Gasteiger partial charge in [-0.25, -0.2) is 9.97 Å². The van der Waals surface area contributed by atoms with Gasteiger partial charge in [-0.15, -0.1) is 0 Å². The molecular formula is C14H17N3O. The number of aryl methyl sites for hydroxylation is 1. The standard InChI is InChI=1S/C14H17N3O/c1-10-16-8-7-13(17-10)14(18)12(15)9-11-5-3-2-4-6-11/h2-8,12,14,18H,9,15H2,1H3. The summed E-state index contributed by atoms with van der Waals surface area (Å²) >= 11 is 0. The van der Waals surface area contributed by atoms with E-state index in [1.165, 1.54) is 0 Å². The van der Waals surface area contributed by atoms with Crippen LogP contribution in [-0.2, 0) is 6.42 Å². The van der Waals surface area contributed by atoms with Gasteiger partial charge in [0.2, 0.25) is 0 Å². The third-order valence-electron chi connectivity index (χ3n) is 2.82. The minimum absolute atomic E-state index is 0.373. The van der Waals surface area contributed by atoms with Gasteiger partial charge in [0.25, 0.3) is 0 Å². The second-order valence-corrected chi connectivity index (χ2v) is 4.33. The molecule has 1 heterocycles. The zero-order valence-corrected chi connectivity index (χ0v) is 10.3. The number of aromatic nitrogens is 2. The molecule has 0 fully saturated rings. The van der Waals surface area contributed by atoms with Gasteiger partial charge in [0.15, 0.2) is 0 Å². The number of nitrogens with two attached hydrogens (primary N) is 1. The van der Waals surface area contributed by atoms with E-state index in [1.807, 2.05) is 30.3 Å². The van der Waals surface area contributed by atoms with Crippen molar-refractivity contribution in [3.8, 4) is 0 Å². The molecule has 2 aromatic rings. The van der Waals surface area contributed by atoms with Gasteiger partial charge in [0, 0.05) is 12.2 Å². The molecule has 1 aromatic heterocycles. The van der Waals surface area contributed by atoms with Crippen LogP contribution in [0.5, 0.6) is 0 Å². The molecule has 0 amide bonds. The van der Waals surface area contributed by atoms with Crippen LogP contribution in [-0.4, -0.2) is 21.1 Å². The monoisotopic (exact) mass is 243 g/mol. The largest absolute Gasteiger partial charge is 0.385 e. The van der Waals surface area contributed by atoms with Crippen molar-refractivity contribution in [1.82, 2.24) is 9.97 Å². The number of rotatable bonds is 4. The van der Waals surface area contributed by atoms with Gasteiger partial charge >= 0.3 is 0 Å². The van der Waals surface area contributed by atoms with Gasteiger partial charge in [0.1, 0.15) is 11.9 Å². The number of nitrogens with zero attached hydrogens (tertiary/aromatic N) is 2. The Labute approximate surface area is 107 Å². The fourth-order valence-electron chi connectivity index (χ4n) is 1.86. The van der Waals surface area contributed by atoms with E-state index in [2.05, 4.69) is 9.97 Å². The zero-order valence-electron chi connectivity index (χ0n) is 10.3. The minimum atomic E-state index is -0.771. The van der Waals surface area contributed by atoms with E-state index in [4.69, 9.17) is 5.73 Å². The van der Waals surface area contributed by atoms with Crippen molar-refractivity contribution in [3.63, 3.8) is 0 Å². The highest BCUT2D eigenvalue weighted by atomic mass is 16.3. The lowest BCUT2D eigenvalue weighted by molar-refractivity contribution is 0.141. The van der Waals surface area contributed by atoms with Crippen LogP contribution < -0.4 is 5.73 Å². The first-order valence-corrected chi connectivity index (χ1v) is 5.94. The highest BCUT2D eigenvalue weighted by Crippen LogP contribution is 2.16. The summed E-state index contributed by atoms with van der Waals surface area (Å²) in [6.45, 7) is 1.79. The smallest absolute Gasteiger partial charge is 0.125 e. The van der Waals surface area contributed by atoms with Crippen LogP contribution in [0.15, 0.2) is 42.6 Å². The number of hydrogen-bond donors (Lipinski definition) is 2. The summed E-state index contributed by atoms with van der Waals surface area (Å²) < 4.78 is 0. The van der Waals surface area contributed by atoms with Gasteiger partial charge in [-0.2, -0.15) is 0 Å². The normalized spacial score (nSPS) is 14.2. The lowest BCUT2D eigenvalue weighted by Crippen LogP contribution is -2.31. The topological polar surface area (TPSA) is 72.0 Å². The highest BCUT2D eigenvalue weighted by Gasteiger charge is 2.18. The second kappa shape index (κ2) is 5.71. The van der Waals surface area contributed by atoms with Crippen molar-refractivity contribution < 1.29 is 5.11 Å². The van der Waals surface area contributed by atoms with E-state index >= 15 is 0 Å². The Balaban J connectivity index is 2.07. The zero-order chi connectivity index (χ0) is 13.0. The first kappa shape index (κ1) is 12.7. The fraction of sp³-hybridized carbons (Fsp3) is 0.286. The lowest BCUT2D eigenvalue weighted by atomic mass is 10.00. The fourth-order valence-corrected chi connectivity index (χ4v) is 1.86. The molecule has 4 nitrogen and oxygen atoms in total. The van der Waals surface area contributed by atoms with E-state index in [-0.39, 0.29) is 6.04 Å². The van der Waals surface area contributed by atoms with E-state index in [0.29, 0.717) is 17.9 Å². The van der Waals surface area contributed by atoms with Gasteiger partial charge in [-0.3, -0.25) is 0 Å². The summed E-state index contributed by atoms with van der Waals surface area (Å²) in [5, 5.41) is 10.2. The van der Waals surface area contributed by atoms with Crippen LogP contribution in [0.3, 0.4) is 0 Å². The molecule has 1 aromatic carbocycles. The second-order valence-electron chi connectivity index (χ2n) is 4.33. The van der Waals surface area contributed by atoms with Crippen LogP contribution >= 0.6 is 0 Å². The third kappa shape index (κ3) is 3.12. The quantitative estimate of drug-likeness (QED) is 0.851. The number of benzene rings is 1. The maximum absolute atomic E-state index is 10.2. The molecule has 0 saturated heterocycles. The summed E-state index contributed by atoms with van der Waals surface area (Å²) in [7, 11) is 0. The minimum Gasteiger partial charge on any atom is -0.385 e. The van der Waals surface area contributed by atoms with E-state index in [9.17, 15) is 5.11 Å². The van der Waals surface area contributed by atoms with Gasteiger partial charge in [-0.05, 0) is 25.0 Å². The Morgan fingerprint density at radius 2 is 1.94 bits per heavy atom. The summed E-state index contributed by atoms with van der Waals surface area (Å²) in [4.78, 5) is 8.20. The van der Waals surface area contributed by atoms with Gasteiger partial charge in [-0.1, -0.05) is 30.3 Å². The molecule has 2 unspecified atom stereocenters. The van der Waals surface area contributed by atoms with E-state index < -0.39 is 6.10 Å². The van der Waals surface area contributed by atoms with Crippen molar-refractivity contribution in [2.45, 2.75) is 25.5 Å². The number of aliphatic hydroxyl groups excluding tert-OH is 1. The van der Waals surface area contributed by atoms with Crippen molar-refractivity contribution in [3.05, 3.63) is 59.7 Å². The Morgan fingerprint density at radius 3 is 2.61 bits per heavy atom. The average molecular weight is 243 g/mol. The Hall–Kier alpha value is -1.78. The predicted octanol–water partition coefficient (Wildman–Crippen LogP) is 1.39. The van der Waals surface area contributed by atoms with Crippen LogP contribution in [0.4, 0.5) is 0 Å². The molecule has 2 rings (SSSR count). The van der Waals surface area contributed by atoms with E-state index in [1.54, 1.807) is 19.2 Å². The summed E-state index contributed by atoms with van der Waals surface area (Å²) in [5.74, 6) is 0.637. The average Bonchev–Trinajstić information content (AvgIpc) is 2.39. The molecule has 94 valence electrons.